The van der Waals surface area contributed by atoms with Gasteiger partial charge in [0.1, 0.15) is 11.5 Å². The Bertz CT molecular complexity index is 929. The molecule has 0 radical (unpaired) electrons. The molecule has 0 aromatic heterocycles. The molecular formula is C23H23ClN2O2S. The fraction of sp³-hybridized carbons (Fsp3) is 0.174. The Balaban J connectivity index is 1.77. The summed E-state index contributed by atoms with van der Waals surface area (Å²) in [6.07, 6.45) is 0. The fourth-order valence-corrected chi connectivity index (χ4v) is 3.21. The van der Waals surface area contributed by atoms with Crippen molar-refractivity contribution in [3.63, 3.8) is 0 Å². The van der Waals surface area contributed by atoms with Gasteiger partial charge in [-0.3, -0.25) is 0 Å². The number of anilines is 1. The lowest BCUT2D eigenvalue weighted by molar-refractivity contribution is 0.407. The number of hydrogen-bond acceptors (Lipinski definition) is 3. The Kier molecular flexibility index (Phi) is 7.33. The average molecular weight is 427 g/mol. The highest BCUT2D eigenvalue weighted by molar-refractivity contribution is 7.80. The van der Waals surface area contributed by atoms with Gasteiger partial charge in [0.05, 0.1) is 14.2 Å². The van der Waals surface area contributed by atoms with Gasteiger partial charge in [-0.05, 0) is 71.9 Å². The Morgan fingerprint density at radius 3 is 1.72 bits per heavy atom. The van der Waals surface area contributed by atoms with Gasteiger partial charge in [-0.1, -0.05) is 35.9 Å². The van der Waals surface area contributed by atoms with Crippen molar-refractivity contribution in [2.24, 2.45) is 0 Å². The first kappa shape index (κ1) is 21.0. The predicted molar refractivity (Wildman–Crippen MR) is 123 cm³/mol. The third-order valence-electron chi connectivity index (χ3n) is 4.45. The van der Waals surface area contributed by atoms with E-state index in [9.17, 15) is 0 Å². The third kappa shape index (κ3) is 6.11. The van der Waals surface area contributed by atoms with Crippen LogP contribution in [0.5, 0.6) is 11.5 Å². The van der Waals surface area contributed by atoms with E-state index in [0.717, 1.165) is 33.3 Å². The van der Waals surface area contributed by atoms with Crippen LogP contribution in [0.2, 0.25) is 5.02 Å². The highest BCUT2D eigenvalue weighted by Gasteiger charge is 2.12. The maximum Gasteiger partial charge on any atom is 0.174 e. The number of halogens is 1. The van der Waals surface area contributed by atoms with Gasteiger partial charge in [0, 0.05) is 23.8 Å². The number of rotatable bonds is 7. The van der Waals surface area contributed by atoms with Crippen molar-refractivity contribution in [1.29, 1.82) is 0 Å². The van der Waals surface area contributed by atoms with Crippen LogP contribution < -0.4 is 14.8 Å². The molecule has 1 N–H and O–H groups in total. The van der Waals surface area contributed by atoms with E-state index < -0.39 is 0 Å². The summed E-state index contributed by atoms with van der Waals surface area (Å²) in [5.74, 6) is 1.63. The zero-order valence-electron chi connectivity index (χ0n) is 16.4. The quantitative estimate of drug-likeness (QED) is 0.486. The monoisotopic (exact) mass is 426 g/mol. The molecule has 0 bridgehead atoms. The van der Waals surface area contributed by atoms with E-state index in [1.165, 1.54) is 0 Å². The van der Waals surface area contributed by atoms with Crippen LogP contribution in [0.1, 0.15) is 11.1 Å². The molecular weight excluding hydrogens is 404 g/mol. The minimum atomic E-state index is 0.640. The molecule has 4 nitrogen and oxygen atoms in total. The minimum absolute atomic E-state index is 0.640. The van der Waals surface area contributed by atoms with Crippen molar-refractivity contribution in [2.45, 2.75) is 13.1 Å². The second-order valence-electron chi connectivity index (χ2n) is 6.49. The molecule has 0 fully saturated rings. The second kappa shape index (κ2) is 10.1. The lowest BCUT2D eigenvalue weighted by Gasteiger charge is -2.26. The van der Waals surface area contributed by atoms with Gasteiger partial charge in [-0.25, -0.2) is 0 Å². The van der Waals surface area contributed by atoms with Crippen molar-refractivity contribution < 1.29 is 9.47 Å². The first-order valence-electron chi connectivity index (χ1n) is 9.15. The highest BCUT2D eigenvalue weighted by atomic mass is 35.5. The van der Waals surface area contributed by atoms with Crippen molar-refractivity contribution >= 4 is 34.6 Å². The molecule has 0 amide bonds. The molecule has 6 heteroatoms. The summed E-state index contributed by atoms with van der Waals surface area (Å²) < 4.78 is 10.5. The van der Waals surface area contributed by atoms with Crippen molar-refractivity contribution in [1.82, 2.24) is 4.90 Å². The lowest BCUT2D eigenvalue weighted by Crippen LogP contribution is -2.33. The number of methoxy groups -OCH3 is 2. The van der Waals surface area contributed by atoms with Crippen LogP contribution in [0.25, 0.3) is 0 Å². The first-order valence-corrected chi connectivity index (χ1v) is 9.93. The molecule has 0 saturated heterocycles. The summed E-state index contributed by atoms with van der Waals surface area (Å²) in [5, 5.41) is 4.68. The van der Waals surface area contributed by atoms with E-state index in [1.807, 2.05) is 72.8 Å². The Morgan fingerprint density at radius 1 is 0.793 bits per heavy atom. The highest BCUT2D eigenvalue weighted by Crippen LogP contribution is 2.19. The Morgan fingerprint density at radius 2 is 1.24 bits per heavy atom. The second-order valence-corrected chi connectivity index (χ2v) is 7.31. The molecule has 0 aliphatic heterocycles. The number of hydrogen-bond donors (Lipinski definition) is 1. The van der Waals surface area contributed by atoms with Gasteiger partial charge in [-0.2, -0.15) is 0 Å². The maximum atomic E-state index is 6.03. The van der Waals surface area contributed by atoms with E-state index in [4.69, 9.17) is 33.3 Å². The normalized spacial score (nSPS) is 10.3. The smallest absolute Gasteiger partial charge is 0.174 e. The largest absolute Gasteiger partial charge is 0.497 e. The van der Waals surface area contributed by atoms with Gasteiger partial charge in [0.15, 0.2) is 5.11 Å². The summed E-state index contributed by atoms with van der Waals surface area (Å²) >= 11 is 11.8. The number of ether oxygens (including phenoxy) is 2. The third-order valence-corrected chi connectivity index (χ3v) is 5.06. The summed E-state index contributed by atoms with van der Waals surface area (Å²) in [4.78, 5) is 2.12. The van der Waals surface area contributed by atoms with E-state index in [-0.39, 0.29) is 0 Å². The van der Waals surface area contributed by atoms with Crippen LogP contribution >= 0.6 is 23.8 Å². The maximum absolute atomic E-state index is 6.03. The molecule has 0 saturated carbocycles. The Hall–Kier alpha value is -2.76. The van der Waals surface area contributed by atoms with Gasteiger partial charge < -0.3 is 19.7 Å². The van der Waals surface area contributed by atoms with Gasteiger partial charge in [0.2, 0.25) is 0 Å². The van der Waals surface area contributed by atoms with Crippen LogP contribution in [-0.2, 0) is 13.1 Å². The minimum Gasteiger partial charge on any atom is -0.497 e. The number of thiocarbonyl (C=S) groups is 1. The summed E-state index contributed by atoms with van der Waals surface area (Å²) in [7, 11) is 3.31. The van der Waals surface area contributed by atoms with Crippen LogP contribution in [0.3, 0.4) is 0 Å². The number of nitrogens with one attached hydrogen (secondary N) is 1. The standard InChI is InChI=1S/C23H23ClN2O2S/c1-27-21-11-5-18(6-12-21)16-26(15-17-3-7-19(24)8-4-17)23(29)25-20-9-13-22(28-2)14-10-20/h3-14H,15-16H2,1-2H3,(H,25,29). The fourth-order valence-electron chi connectivity index (χ4n) is 2.84. The van der Waals surface area contributed by atoms with Crippen LogP contribution in [0.15, 0.2) is 72.8 Å². The molecule has 0 unspecified atom stereocenters. The van der Waals surface area contributed by atoms with Crippen LogP contribution in [0, 0.1) is 0 Å². The van der Waals surface area contributed by atoms with Crippen molar-refractivity contribution in [3.8, 4) is 11.5 Å². The lowest BCUT2D eigenvalue weighted by atomic mass is 10.1. The summed E-state index contributed by atoms with van der Waals surface area (Å²) in [5.41, 5.74) is 3.17. The molecule has 150 valence electrons. The van der Waals surface area contributed by atoms with Gasteiger partial charge in [-0.15, -0.1) is 0 Å². The predicted octanol–water partition coefficient (Wildman–Crippen LogP) is 5.76. The van der Waals surface area contributed by atoms with E-state index in [1.54, 1.807) is 14.2 Å². The molecule has 29 heavy (non-hydrogen) atoms. The van der Waals surface area contributed by atoms with E-state index in [2.05, 4.69) is 10.2 Å². The average Bonchev–Trinajstić information content (AvgIpc) is 2.76. The van der Waals surface area contributed by atoms with Crippen molar-refractivity contribution in [2.75, 3.05) is 19.5 Å². The van der Waals surface area contributed by atoms with Crippen LogP contribution in [0.4, 0.5) is 5.69 Å². The molecule has 0 atom stereocenters. The number of nitrogens with zero attached hydrogens (tertiary/aromatic N) is 1. The molecule has 0 heterocycles. The molecule has 3 aromatic carbocycles. The molecule has 3 aromatic rings. The van der Waals surface area contributed by atoms with Gasteiger partial charge >= 0.3 is 0 Å². The zero-order valence-corrected chi connectivity index (χ0v) is 18.0. The molecule has 3 rings (SSSR count). The Labute approximate surface area is 182 Å². The molecule has 0 aliphatic carbocycles. The molecule has 0 aliphatic rings. The number of benzene rings is 3. The van der Waals surface area contributed by atoms with Crippen LogP contribution in [-0.4, -0.2) is 24.2 Å². The summed E-state index contributed by atoms with van der Waals surface area (Å²) in [6.45, 7) is 1.32. The topological polar surface area (TPSA) is 33.7 Å². The zero-order chi connectivity index (χ0) is 20.6. The van der Waals surface area contributed by atoms with Gasteiger partial charge in [0.25, 0.3) is 0 Å². The summed E-state index contributed by atoms with van der Waals surface area (Å²) in [6, 6.07) is 23.5. The molecule has 0 spiro atoms. The van der Waals surface area contributed by atoms with E-state index in [0.29, 0.717) is 18.2 Å². The van der Waals surface area contributed by atoms with E-state index >= 15 is 0 Å². The first-order chi connectivity index (χ1) is 14.1. The SMILES string of the molecule is COc1ccc(CN(Cc2ccc(Cl)cc2)C(=S)Nc2ccc(OC)cc2)cc1. The van der Waals surface area contributed by atoms with Crippen molar-refractivity contribution in [3.05, 3.63) is 88.9 Å².